The van der Waals surface area contributed by atoms with Crippen LogP contribution in [0, 0.1) is 5.92 Å². The van der Waals surface area contributed by atoms with Gasteiger partial charge in [0.05, 0.1) is 0 Å². The number of aliphatic carboxylic acids is 1. The summed E-state index contributed by atoms with van der Waals surface area (Å²) in [6, 6.07) is 0. The molecule has 132 valence electrons. The number of hydrogen-bond donors (Lipinski definition) is 1. The third-order valence-electron chi connectivity index (χ3n) is 3.87. The predicted molar refractivity (Wildman–Crippen MR) is 101 cm³/mol. The number of rotatable bonds is 15. The van der Waals surface area contributed by atoms with E-state index in [-0.39, 0.29) is 0 Å². The molecule has 0 rings (SSSR count). The van der Waals surface area contributed by atoms with Gasteiger partial charge in [-0.25, -0.2) is 0 Å². The molecule has 0 fully saturated rings. The third kappa shape index (κ3) is 18.6. The van der Waals surface area contributed by atoms with Crippen LogP contribution >= 0.6 is 0 Å². The van der Waals surface area contributed by atoms with Gasteiger partial charge in [-0.3, -0.25) is 4.79 Å². The van der Waals surface area contributed by atoms with Crippen LogP contribution in [-0.4, -0.2) is 11.1 Å². The lowest BCUT2D eigenvalue weighted by atomic mass is 10.0. The molecule has 0 amide bonds. The highest BCUT2D eigenvalue weighted by Crippen LogP contribution is 2.09. The van der Waals surface area contributed by atoms with E-state index < -0.39 is 5.97 Å². The highest BCUT2D eigenvalue weighted by atomic mass is 16.4. The Labute approximate surface area is 143 Å². The Morgan fingerprint density at radius 2 is 1.57 bits per heavy atom. The molecule has 0 saturated carbocycles. The third-order valence-corrected chi connectivity index (χ3v) is 3.87. The van der Waals surface area contributed by atoms with Crippen LogP contribution < -0.4 is 0 Å². The monoisotopic (exact) mass is 320 g/mol. The van der Waals surface area contributed by atoms with Crippen LogP contribution in [0.15, 0.2) is 36.5 Å². The quantitative estimate of drug-likeness (QED) is 0.270. The van der Waals surface area contributed by atoms with Crippen molar-refractivity contribution in [1.29, 1.82) is 0 Å². The SMILES string of the molecule is CCCCC(C)/C=C/C/C=C/C/C=C/CCCCCCC(=O)O. The van der Waals surface area contributed by atoms with E-state index in [9.17, 15) is 4.79 Å². The van der Waals surface area contributed by atoms with Gasteiger partial charge in [-0.05, 0) is 44.4 Å². The molecular formula is C21H36O2. The second kappa shape index (κ2) is 17.1. The molecule has 0 heterocycles. The minimum absolute atomic E-state index is 0.312. The van der Waals surface area contributed by atoms with Gasteiger partial charge in [0.25, 0.3) is 0 Å². The molecule has 2 nitrogen and oxygen atoms in total. The lowest BCUT2D eigenvalue weighted by molar-refractivity contribution is -0.137. The Morgan fingerprint density at radius 3 is 2.26 bits per heavy atom. The van der Waals surface area contributed by atoms with E-state index in [1.807, 2.05) is 0 Å². The van der Waals surface area contributed by atoms with Gasteiger partial charge in [-0.2, -0.15) is 0 Å². The van der Waals surface area contributed by atoms with Gasteiger partial charge in [0.2, 0.25) is 0 Å². The average molecular weight is 321 g/mol. The Morgan fingerprint density at radius 1 is 0.913 bits per heavy atom. The smallest absolute Gasteiger partial charge is 0.303 e. The Bertz CT molecular complexity index is 353. The minimum atomic E-state index is -0.679. The summed E-state index contributed by atoms with van der Waals surface area (Å²) in [5, 5.41) is 8.53. The number of carboxylic acid groups (broad SMARTS) is 1. The largest absolute Gasteiger partial charge is 0.481 e. The van der Waals surface area contributed by atoms with Crippen LogP contribution in [-0.2, 0) is 4.79 Å². The molecule has 1 atom stereocenters. The van der Waals surface area contributed by atoms with Crippen molar-refractivity contribution in [2.75, 3.05) is 0 Å². The van der Waals surface area contributed by atoms with Crippen LogP contribution in [0.25, 0.3) is 0 Å². The lowest BCUT2D eigenvalue weighted by Gasteiger charge is -2.02. The Balaban J connectivity index is 3.41. The molecule has 0 spiro atoms. The first-order chi connectivity index (χ1) is 11.2. The molecule has 23 heavy (non-hydrogen) atoms. The molecule has 0 aromatic carbocycles. The highest BCUT2D eigenvalue weighted by molar-refractivity contribution is 5.66. The summed E-state index contributed by atoms with van der Waals surface area (Å²) >= 11 is 0. The summed E-state index contributed by atoms with van der Waals surface area (Å²) < 4.78 is 0. The van der Waals surface area contributed by atoms with E-state index in [4.69, 9.17) is 5.11 Å². The van der Waals surface area contributed by atoms with Gasteiger partial charge in [-0.15, -0.1) is 0 Å². The maximum Gasteiger partial charge on any atom is 0.303 e. The van der Waals surface area contributed by atoms with Crippen molar-refractivity contribution in [2.45, 2.75) is 84.5 Å². The van der Waals surface area contributed by atoms with Crippen molar-refractivity contribution >= 4 is 5.97 Å². The van der Waals surface area contributed by atoms with Crippen molar-refractivity contribution in [3.05, 3.63) is 36.5 Å². The van der Waals surface area contributed by atoms with Gasteiger partial charge in [0.1, 0.15) is 0 Å². The maximum absolute atomic E-state index is 10.4. The highest BCUT2D eigenvalue weighted by Gasteiger charge is 1.95. The fourth-order valence-corrected chi connectivity index (χ4v) is 2.39. The Hall–Kier alpha value is -1.31. The number of carboxylic acids is 1. The number of hydrogen-bond acceptors (Lipinski definition) is 1. The van der Waals surface area contributed by atoms with Crippen molar-refractivity contribution in [3.8, 4) is 0 Å². The van der Waals surface area contributed by atoms with Crippen LogP contribution in [0.1, 0.15) is 84.5 Å². The molecule has 0 aromatic heterocycles. The molecule has 0 aliphatic carbocycles. The summed E-state index contributed by atoms with van der Waals surface area (Å²) in [5.74, 6) is 0.0284. The standard InChI is InChI=1S/C21H36O2/c1-3-4-17-20(2)18-15-13-11-9-7-5-6-8-10-12-14-16-19-21(22)23/h5-6,9,11,15,18,20H,3-4,7-8,10,12-14,16-17,19H2,1-2H3,(H,22,23)/b6-5+,11-9+,18-15+. The fraction of sp³-hybridized carbons (Fsp3) is 0.667. The van der Waals surface area contributed by atoms with Gasteiger partial charge in [-0.1, -0.05) is 76.0 Å². The van der Waals surface area contributed by atoms with Crippen molar-refractivity contribution in [1.82, 2.24) is 0 Å². The lowest BCUT2D eigenvalue weighted by Crippen LogP contribution is -1.93. The number of unbranched alkanes of at least 4 members (excludes halogenated alkanes) is 5. The second-order valence-corrected chi connectivity index (χ2v) is 6.31. The Kier molecular flexibility index (Phi) is 16.1. The van der Waals surface area contributed by atoms with Crippen molar-refractivity contribution < 1.29 is 9.90 Å². The summed E-state index contributed by atoms with van der Waals surface area (Å²) in [6.45, 7) is 4.53. The van der Waals surface area contributed by atoms with Gasteiger partial charge in [0, 0.05) is 6.42 Å². The number of allylic oxidation sites excluding steroid dienone is 6. The molecule has 2 heteroatoms. The summed E-state index contributed by atoms with van der Waals surface area (Å²) in [7, 11) is 0. The fourth-order valence-electron chi connectivity index (χ4n) is 2.39. The van der Waals surface area contributed by atoms with E-state index in [1.54, 1.807) is 0 Å². The van der Waals surface area contributed by atoms with Gasteiger partial charge >= 0.3 is 5.97 Å². The molecule has 1 unspecified atom stereocenters. The first-order valence-corrected chi connectivity index (χ1v) is 9.35. The van der Waals surface area contributed by atoms with Crippen LogP contribution in [0.4, 0.5) is 0 Å². The maximum atomic E-state index is 10.4. The molecule has 1 N–H and O–H groups in total. The van der Waals surface area contributed by atoms with Gasteiger partial charge in [0.15, 0.2) is 0 Å². The summed E-state index contributed by atoms with van der Waals surface area (Å²) in [5.41, 5.74) is 0. The van der Waals surface area contributed by atoms with Crippen LogP contribution in [0.5, 0.6) is 0 Å². The molecule has 0 saturated heterocycles. The van der Waals surface area contributed by atoms with E-state index in [0.717, 1.165) is 44.9 Å². The van der Waals surface area contributed by atoms with E-state index in [1.165, 1.54) is 19.3 Å². The molecule has 0 radical (unpaired) electrons. The zero-order chi connectivity index (χ0) is 17.2. The van der Waals surface area contributed by atoms with Crippen LogP contribution in [0.3, 0.4) is 0 Å². The van der Waals surface area contributed by atoms with Crippen molar-refractivity contribution in [3.63, 3.8) is 0 Å². The predicted octanol–water partition coefficient (Wildman–Crippen LogP) is 6.69. The second-order valence-electron chi connectivity index (χ2n) is 6.31. The van der Waals surface area contributed by atoms with Crippen LogP contribution in [0.2, 0.25) is 0 Å². The molecule has 0 aliphatic heterocycles. The first-order valence-electron chi connectivity index (χ1n) is 9.35. The first kappa shape index (κ1) is 21.7. The zero-order valence-corrected chi connectivity index (χ0v) is 15.2. The van der Waals surface area contributed by atoms with E-state index in [2.05, 4.69) is 50.3 Å². The summed E-state index contributed by atoms with van der Waals surface area (Å²) in [4.78, 5) is 10.4. The average Bonchev–Trinajstić information content (AvgIpc) is 2.52. The van der Waals surface area contributed by atoms with E-state index in [0.29, 0.717) is 12.3 Å². The molecule has 0 bridgehead atoms. The molecule has 0 aromatic rings. The van der Waals surface area contributed by atoms with Crippen molar-refractivity contribution in [2.24, 2.45) is 5.92 Å². The normalized spacial score (nSPS) is 13.5. The zero-order valence-electron chi connectivity index (χ0n) is 15.2. The summed E-state index contributed by atoms with van der Waals surface area (Å²) in [6.07, 6.45) is 25.1. The topological polar surface area (TPSA) is 37.3 Å². The number of carbonyl (C=O) groups is 1. The van der Waals surface area contributed by atoms with E-state index >= 15 is 0 Å². The minimum Gasteiger partial charge on any atom is -0.481 e. The molecule has 0 aliphatic rings. The molecular weight excluding hydrogens is 284 g/mol. The van der Waals surface area contributed by atoms with Gasteiger partial charge < -0.3 is 5.11 Å².